The third-order valence-electron chi connectivity index (χ3n) is 2.05. The Bertz CT molecular complexity index is 433. The fourth-order valence-electron chi connectivity index (χ4n) is 1.50. The molecule has 4 heteroatoms. The van der Waals surface area contributed by atoms with E-state index in [1.807, 2.05) is 26.0 Å². The zero-order valence-corrected chi connectivity index (χ0v) is 8.66. The summed E-state index contributed by atoms with van der Waals surface area (Å²) in [5.41, 5.74) is 2.47. The molecular formula is C11H12N2O2. The molecule has 0 aromatic heterocycles. The topological polar surface area (TPSA) is 73.1 Å². The van der Waals surface area contributed by atoms with Crippen LogP contribution >= 0.6 is 0 Å². The zero-order valence-electron chi connectivity index (χ0n) is 8.66. The van der Waals surface area contributed by atoms with Gasteiger partial charge in [0.1, 0.15) is 6.54 Å². The highest BCUT2D eigenvalue weighted by Gasteiger charge is 2.12. The first-order chi connectivity index (χ1) is 7.06. The van der Waals surface area contributed by atoms with Crippen LogP contribution in [0.2, 0.25) is 0 Å². The van der Waals surface area contributed by atoms with E-state index in [9.17, 15) is 4.79 Å². The first kappa shape index (κ1) is 11.1. The number of nitrogens with zero attached hydrogens (tertiary/aromatic N) is 1. The number of carboxylic acids is 1. The number of aryl methyl sites for hydroxylation is 2. The molecule has 0 heterocycles. The van der Waals surface area contributed by atoms with Crippen molar-refractivity contribution in [2.45, 2.75) is 13.8 Å². The molecule has 4 nitrogen and oxygen atoms in total. The molecule has 2 N–H and O–H groups in total. The third-order valence-corrected chi connectivity index (χ3v) is 2.05. The van der Waals surface area contributed by atoms with Gasteiger partial charge in [0, 0.05) is 0 Å². The average Bonchev–Trinajstić information content (AvgIpc) is 2.15. The minimum atomic E-state index is -0.984. The Hall–Kier alpha value is -2.02. The molecule has 0 saturated heterocycles. The summed E-state index contributed by atoms with van der Waals surface area (Å²) in [6, 6.07) is 5.39. The van der Waals surface area contributed by atoms with Crippen molar-refractivity contribution in [1.82, 2.24) is 0 Å². The molecule has 0 amide bonds. The van der Waals surface area contributed by atoms with E-state index in [0.717, 1.165) is 11.1 Å². The molecule has 78 valence electrons. The maximum Gasteiger partial charge on any atom is 0.337 e. The summed E-state index contributed by atoms with van der Waals surface area (Å²) >= 11 is 0. The lowest BCUT2D eigenvalue weighted by Crippen LogP contribution is -2.08. The normalized spacial score (nSPS) is 9.40. The highest BCUT2D eigenvalue weighted by molar-refractivity contribution is 5.95. The summed E-state index contributed by atoms with van der Waals surface area (Å²) in [7, 11) is 0. The van der Waals surface area contributed by atoms with Crippen LogP contribution in [0.3, 0.4) is 0 Å². The third kappa shape index (κ3) is 2.47. The smallest absolute Gasteiger partial charge is 0.337 e. The fourth-order valence-corrected chi connectivity index (χ4v) is 1.50. The summed E-state index contributed by atoms with van der Waals surface area (Å²) in [4.78, 5) is 11.0. The Kier molecular flexibility index (Phi) is 3.29. The second-order valence-electron chi connectivity index (χ2n) is 3.32. The fraction of sp³-hybridized carbons (Fsp3) is 0.273. The largest absolute Gasteiger partial charge is 0.478 e. The molecule has 0 aliphatic heterocycles. The highest BCUT2D eigenvalue weighted by Crippen LogP contribution is 2.22. The van der Waals surface area contributed by atoms with E-state index in [0.29, 0.717) is 5.69 Å². The van der Waals surface area contributed by atoms with E-state index in [2.05, 4.69) is 5.32 Å². The number of benzene rings is 1. The van der Waals surface area contributed by atoms with Crippen LogP contribution in [-0.4, -0.2) is 17.6 Å². The van der Waals surface area contributed by atoms with Crippen molar-refractivity contribution < 1.29 is 9.90 Å². The number of carbonyl (C=O) groups is 1. The van der Waals surface area contributed by atoms with Crippen molar-refractivity contribution in [3.05, 3.63) is 28.8 Å². The van der Waals surface area contributed by atoms with Crippen molar-refractivity contribution in [2.24, 2.45) is 0 Å². The molecule has 1 aromatic rings. The van der Waals surface area contributed by atoms with E-state index in [1.165, 1.54) is 0 Å². The maximum absolute atomic E-state index is 11.0. The van der Waals surface area contributed by atoms with Crippen LogP contribution in [0.5, 0.6) is 0 Å². The van der Waals surface area contributed by atoms with Crippen LogP contribution in [0, 0.1) is 25.2 Å². The SMILES string of the molecule is Cc1cc(C)c(NCC#N)c(C(=O)O)c1. The molecule has 0 bridgehead atoms. The van der Waals surface area contributed by atoms with E-state index in [1.54, 1.807) is 6.07 Å². The lowest BCUT2D eigenvalue weighted by Gasteiger charge is -2.11. The van der Waals surface area contributed by atoms with Gasteiger partial charge in [-0.25, -0.2) is 4.79 Å². The van der Waals surface area contributed by atoms with Gasteiger partial charge in [-0.3, -0.25) is 0 Å². The molecule has 0 atom stereocenters. The van der Waals surface area contributed by atoms with Crippen molar-refractivity contribution in [3.8, 4) is 6.07 Å². The number of hydrogen-bond donors (Lipinski definition) is 2. The van der Waals surface area contributed by atoms with Gasteiger partial charge in [-0.15, -0.1) is 0 Å². The summed E-state index contributed by atoms with van der Waals surface area (Å²) in [5, 5.41) is 20.2. The quantitative estimate of drug-likeness (QED) is 0.738. The second kappa shape index (κ2) is 4.47. The number of nitriles is 1. The second-order valence-corrected chi connectivity index (χ2v) is 3.32. The zero-order chi connectivity index (χ0) is 11.4. The number of anilines is 1. The van der Waals surface area contributed by atoms with Crippen molar-refractivity contribution in [2.75, 3.05) is 11.9 Å². The first-order valence-electron chi connectivity index (χ1n) is 4.51. The Balaban J connectivity index is 3.22. The number of nitrogens with one attached hydrogen (secondary N) is 1. The van der Waals surface area contributed by atoms with Crippen LogP contribution in [0.4, 0.5) is 5.69 Å². The summed E-state index contributed by atoms with van der Waals surface area (Å²) in [6.45, 7) is 3.76. The van der Waals surface area contributed by atoms with Gasteiger partial charge in [0.25, 0.3) is 0 Å². The molecule has 15 heavy (non-hydrogen) atoms. The molecule has 0 aliphatic carbocycles. The molecule has 0 radical (unpaired) electrons. The number of carboxylic acid groups (broad SMARTS) is 1. The molecule has 0 spiro atoms. The van der Waals surface area contributed by atoms with Crippen LogP contribution in [0.1, 0.15) is 21.5 Å². The van der Waals surface area contributed by atoms with Gasteiger partial charge in [0.05, 0.1) is 17.3 Å². The van der Waals surface area contributed by atoms with Gasteiger partial charge in [0.15, 0.2) is 0 Å². The minimum absolute atomic E-state index is 0.101. The summed E-state index contributed by atoms with van der Waals surface area (Å²) in [5.74, 6) is -0.984. The van der Waals surface area contributed by atoms with Crippen molar-refractivity contribution in [3.63, 3.8) is 0 Å². The standard InChI is InChI=1S/C11H12N2O2/c1-7-5-8(2)10(13-4-3-12)9(6-7)11(14)15/h5-6,13H,4H2,1-2H3,(H,14,15). The first-order valence-corrected chi connectivity index (χ1v) is 4.51. The Labute approximate surface area is 88.2 Å². The van der Waals surface area contributed by atoms with Crippen molar-refractivity contribution >= 4 is 11.7 Å². The Morgan fingerprint density at radius 3 is 2.73 bits per heavy atom. The van der Waals surface area contributed by atoms with E-state index < -0.39 is 5.97 Å². The highest BCUT2D eigenvalue weighted by atomic mass is 16.4. The lowest BCUT2D eigenvalue weighted by atomic mass is 10.0. The van der Waals surface area contributed by atoms with Crippen LogP contribution in [-0.2, 0) is 0 Å². The number of hydrogen-bond acceptors (Lipinski definition) is 3. The summed E-state index contributed by atoms with van der Waals surface area (Å²) in [6.07, 6.45) is 0. The maximum atomic E-state index is 11.0. The van der Waals surface area contributed by atoms with Gasteiger partial charge < -0.3 is 10.4 Å². The Morgan fingerprint density at radius 1 is 1.53 bits per heavy atom. The van der Waals surface area contributed by atoms with Crippen molar-refractivity contribution in [1.29, 1.82) is 5.26 Å². The van der Waals surface area contributed by atoms with Gasteiger partial charge in [-0.05, 0) is 31.0 Å². The van der Waals surface area contributed by atoms with E-state index in [4.69, 9.17) is 10.4 Å². The van der Waals surface area contributed by atoms with Crippen LogP contribution in [0.25, 0.3) is 0 Å². The van der Waals surface area contributed by atoms with Crippen LogP contribution in [0.15, 0.2) is 12.1 Å². The van der Waals surface area contributed by atoms with Gasteiger partial charge in [-0.1, -0.05) is 6.07 Å². The van der Waals surface area contributed by atoms with Gasteiger partial charge in [-0.2, -0.15) is 5.26 Å². The van der Waals surface area contributed by atoms with E-state index in [-0.39, 0.29) is 12.1 Å². The monoisotopic (exact) mass is 204 g/mol. The number of rotatable bonds is 3. The van der Waals surface area contributed by atoms with Crippen LogP contribution < -0.4 is 5.32 Å². The Morgan fingerprint density at radius 2 is 2.20 bits per heavy atom. The van der Waals surface area contributed by atoms with E-state index >= 15 is 0 Å². The van der Waals surface area contributed by atoms with Gasteiger partial charge in [0.2, 0.25) is 0 Å². The molecule has 0 unspecified atom stereocenters. The molecule has 0 aliphatic rings. The molecule has 0 fully saturated rings. The lowest BCUT2D eigenvalue weighted by molar-refractivity contribution is 0.0697. The number of aromatic carboxylic acids is 1. The summed E-state index contributed by atoms with van der Waals surface area (Å²) < 4.78 is 0. The predicted molar refractivity (Wildman–Crippen MR) is 57.0 cm³/mol. The molecule has 1 aromatic carbocycles. The molecule has 1 rings (SSSR count). The molecule has 0 saturated carbocycles. The molecular weight excluding hydrogens is 192 g/mol. The average molecular weight is 204 g/mol. The predicted octanol–water partition coefficient (Wildman–Crippen LogP) is 1.94. The van der Waals surface area contributed by atoms with Gasteiger partial charge >= 0.3 is 5.97 Å². The minimum Gasteiger partial charge on any atom is -0.478 e.